The van der Waals surface area contributed by atoms with Crippen LogP contribution in [0.2, 0.25) is 0 Å². The summed E-state index contributed by atoms with van der Waals surface area (Å²) < 4.78 is 15.9. The highest BCUT2D eigenvalue weighted by Gasteiger charge is 2.25. The fraction of sp³-hybridized carbons (Fsp3) is 0.136. The average Bonchev–Trinajstić information content (AvgIpc) is 3.09. The van der Waals surface area contributed by atoms with Gasteiger partial charge in [-0.05, 0) is 48.0 Å². The second-order valence-corrected chi connectivity index (χ2v) is 6.05. The molecule has 0 saturated heterocycles. The summed E-state index contributed by atoms with van der Waals surface area (Å²) in [5.41, 5.74) is 1.53. The minimum Gasteiger partial charge on any atom is -0.493 e. The molecule has 148 valence electrons. The molecule has 0 aliphatic carbocycles. The molecule has 29 heavy (non-hydrogen) atoms. The van der Waals surface area contributed by atoms with Crippen molar-refractivity contribution in [2.45, 2.75) is 0 Å². The molecule has 0 N–H and O–H groups in total. The van der Waals surface area contributed by atoms with Crippen molar-refractivity contribution >= 4 is 29.4 Å². The molecule has 1 heterocycles. The predicted octanol–water partition coefficient (Wildman–Crippen LogP) is 3.04. The summed E-state index contributed by atoms with van der Waals surface area (Å²) in [6.45, 7) is 0. The maximum atomic E-state index is 12.5. The summed E-state index contributed by atoms with van der Waals surface area (Å²) in [4.78, 5) is 37.0. The van der Waals surface area contributed by atoms with E-state index in [9.17, 15) is 14.4 Å². The third-order valence-electron chi connectivity index (χ3n) is 4.33. The molecule has 7 heteroatoms. The molecular formula is C22H19NO6. The van der Waals surface area contributed by atoms with E-state index >= 15 is 0 Å². The number of amides is 2. The van der Waals surface area contributed by atoms with E-state index in [1.165, 1.54) is 39.6 Å². The van der Waals surface area contributed by atoms with Crippen LogP contribution in [-0.4, -0.2) is 38.9 Å². The molecule has 2 amide bonds. The first-order valence-corrected chi connectivity index (χ1v) is 8.67. The number of allylic oxidation sites excluding steroid dienone is 1. The van der Waals surface area contributed by atoms with E-state index in [1.807, 2.05) is 0 Å². The highest BCUT2D eigenvalue weighted by atomic mass is 16.5. The molecule has 0 spiro atoms. The summed E-state index contributed by atoms with van der Waals surface area (Å²) >= 11 is 0. The number of anilines is 1. The van der Waals surface area contributed by atoms with Gasteiger partial charge in [0, 0.05) is 17.7 Å². The van der Waals surface area contributed by atoms with E-state index in [0.29, 0.717) is 34.1 Å². The molecular weight excluding hydrogens is 374 g/mol. The van der Waals surface area contributed by atoms with Gasteiger partial charge in [0.05, 0.1) is 27.0 Å². The van der Waals surface area contributed by atoms with Crippen LogP contribution in [0.15, 0.2) is 54.6 Å². The zero-order valence-corrected chi connectivity index (χ0v) is 16.2. The summed E-state index contributed by atoms with van der Waals surface area (Å²) in [5.74, 6) is 0.388. The number of ether oxygens (including phenoxy) is 3. The van der Waals surface area contributed by atoms with Gasteiger partial charge in [-0.1, -0.05) is 6.08 Å². The third kappa shape index (κ3) is 4.03. The number of hydrogen-bond donors (Lipinski definition) is 0. The van der Waals surface area contributed by atoms with Gasteiger partial charge in [0.2, 0.25) is 5.75 Å². The number of carbonyl (C=O) groups excluding carboxylic acids is 3. The average molecular weight is 393 g/mol. The van der Waals surface area contributed by atoms with Gasteiger partial charge >= 0.3 is 0 Å². The first kappa shape index (κ1) is 19.9. The Labute approximate surface area is 167 Å². The lowest BCUT2D eigenvalue weighted by atomic mass is 10.1. The smallest absolute Gasteiger partial charge is 0.258 e. The topological polar surface area (TPSA) is 82.1 Å². The van der Waals surface area contributed by atoms with E-state index in [1.54, 1.807) is 42.5 Å². The van der Waals surface area contributed by atoms with Gasteiger partial charge in [-0.2, -0.15) is 0 Å². The first-order chi connectivity index (χ1) is 14.0. The molecule has 1 aliphatic heterocycles. The summed E-state index contributed by atoms with van der Waals surface area (Å²) in [5, 5.41) is 0. The SMILES string of the molecule is COc1cc(/C=C/C(=O)c2ccc(N3C(=O)C=CC3=O)cc2)cc(OC)c1OC. The zero-order chi connectivity index (χ0) is 21.0. The van der Waals surface area contributed by atoms with Crippen LogP contribution in [0.3, 0.4) is 0 Å². The molecule has 7 nitrogen and oxygen atoms in total. The second kappa shape index (κ2) is 8.43. The van der Waals surface area contributed by atoms with Crippen molar-refractivity contribution in [1.82, 2.24) is 0 Å². The Morgan fingerprint density at radius 2 is 1.41 bits per heavy atom. The highest BCUT2D eigenvalue weighted by molar-refractivity contribution is 6.28. The fourth-order valence-corrected chi connectivity index (χ4v) is 2.90. The molecule has 2 aromatic carbocycles. The van der Waals surface area contributed by atoms with Crippen LogP contribution in [0.25, 0.3) is 6.08 Å². The normalized spacial score (nSPS) is 13.3. The fourth-order valence-electron chi connectivity index (χ4n) is 2.90. The molecule has 3 rings (SSSR count). The molecule has 1 aliphatic rings. The monoisotopic (exact) mass is 393 g/mol. The third-order valence-corrected chi connectivity index (χ3v) is 4.33. The van der Waals surface area contributed by atoms with Gasteiger partial charge in [-0.25, -0.2) is 4.90 Å². The Balaban J connectivity index is 1.79. The van der Waals surface area contributed by atoms with Crippen molar-refractivity contribution in [2.24, 2.45) is 0 Å². The minimum atomic E-state index is -0.406. The van der Waals surface area contributed by atoms with Gasteiger partial charge in [0.25, 0.3) is 11.8 Å². The van der Waals surface area contributed by atoms with Crippen LogP contribution >= 0.6 is 0 Å². The molecule has 0 atom stereocenters. The largest absolute Gasteiger partial charge is 0.493 e. The lowest BCUT2D eigenvalue weighted by Crippen LogP contribution is -2.29. The van der Waals surface area contributed by atoms with E-state index in [4.69, 9.17) is 14.2 Å². The molecule has 0 fully saturated rings. The van der Waals surface area contributed by atoms with Gasteiger partial charge in [0.1, 0.15) is 0 Å². The van der Waals surface area contributed by atoms with Crippen LogP contribution in [-0.2, 0) is 9.59 Å². The van der Waals surface area contributed by atoms with Crippen molar-refractivity contribution in [3.63, 3.8) is 0 Å². The van der Waals surface area contributed by atoms with E-state index in [0.717, 1.165) is 4.90 Å². The number of carbonyl (C=O) groups is 3. The summed E-state index contributed by atoms with van der Waals surface area (Å²) in [7, 11) is 4.55. The Kier molecular flexibility index (Phi) is 5.78. The Morgan fingerprint density at radius 1 is 0.862 bits per heavy atom. The lowest BCUT2D eigenvalue weighted by molar-refractivity contribution is -0.119. The standard InChI is InChI=1S/C22H19NO6/c1-27-18-12-14(13-19(28-2)22(18)29-3)4-9-17(24)15-5-7-16(8-6-15)23-20(25)10-11-21(23)26/h4-13H,1-3H3/b9-4+. The Hall–Kier alpha value is -3.87. The van der Waals surface area contributed by atoms with Crippen LogP contribution < -0.4 is 19.1 Å². The van der Waals surface area contributed by atoms with Gasteiger partial charge in [0.15, 0.2) is 17.3 Å². The van der Waals surface area contributed by atoms with Crippen molar-refractivity contribution in [2.75, 3.05) is 26.2 Å². The van der Waals surface area contributed by atoms with Crippen molar-refractivity contribution in [1.29, 1.82) is 0 Å². The van der Waals surface area contributed by atoms with Crippen molar-refractivity contribution < 1.29 is 28.6 Å². The molecule has 2 aromatic rings. The van der Waals surface area contributed by atoms with E-state index in [2.05, 4.69) is 0 Å². The first-order valence-electron chi connectivity index (χ1n) is 8.67. The van der Waals surface area contributed by atoms with Crippen LogP contribution in [0.1, 0.15) is 15.9 Å². The minimum absolute atomic E-state index is 0.234. The number of nitrogens with zero attached hydrogens (tertiary/aromatic N) is 1. The molecule has 0 radical (unpaired) electrons. The lowest BCUT2D eigenvalue weighted by Gasteiger charge is -2.13. The van der Waals surface area contributed by atoms with Gasteiger partial charge in [-0.15, -0.1) is 0 Å². The van der Waals surface area contributed by atoms with Crippen molar-refractivity contribution in [3.05, 3.63) is 65.8 Å². The number of benzene rings is 2. The number of ketones is 1. The molecule has 0 unspecified atom stereocenters. The Morgan fingerprint density at radius 3 is 1.90 bits per heavy atom. The summed E-state index contributed by atoms with van der Waals surface area (Å²) in [6.07, 6.45) is 5.48. The summed E-state index contributed by atoms with van der Waals surface area (Å²) in [6, 6.07) is 9.70. The van der Waals surface area contributed by atoms with Crippen LogP contribution in [0.4, 0.5) is 5.69 Å². The number of hydrogen-bond acceptors (Lipinski definition) is 6. The van der Waals surface area contributed by atoms with Crippen LogP contribution in [0.5, 0.6) is 17.2 Å². The number of methoxy groups -OCH3 is 3. The number of imide groups is 1. The van der Waals surface area contributed by atoms with Crippen LogP contribution in [0, 0.1) is 0 Å². The number of rotatable bonds is 7. The maximum absolute atomic E-state index is 12.5. The van der Waals surface area contributed by atoms with E-state index in [-0.39, 0.29) is 5.78 Å². The Bertz CT molecular complexity index is 977. The predicted molar refractivity (Wildman–Crippen MR) is 108 cm³/mol. The zero-order valence-electron chi connectivity index (χ0n) is 16.2. The van der Waals surface area contributed by atoms with Crippen molar-refractivity contribution in [3.8, 4) is 17.2 Å². The molecule has 0 saturated carbocycles. The molecule has 0 bridgehead atoms. The quantitative estimate of drug-likeness (QED) is 0.409. The highest BCUT2D eigenvalue weighted by Crippen LogP contribution is 2.38. The second-order valence-electron chi connectivity index (χ2n) is 6.05. The van der Waals surface area contributed by atoms with Gasteiger partial charge in [-0.3, -0.25) is 14.4 Å². The van der Waals surface area contributed by atoms with Gasteiger partial charge < -0.3 is 14.2 Å². The van der Waals surface area contributed by atoms with E-state index < -0.39 is 11.8 Å². The molecule has 0 aromatic heterocycles. The maximum Gasteiger partial charge on any atom is 0.258 e.